The normalized spacial score (nSPS) is 19.0. The highest BCUT2D eigenvalue weighted by Gasteiger charge is 2.29. The lowest BCUT2D eigenvalue weighted by molar-refractivity contribution is -0.131. The fraction of sp³-hybridized carbons (Fsp3) is 0.562. The van der Waals surface area contributed by atoms with Crippen LogP contribution >= 0.6 is 12.4 Å². The minimum atomic E-state index is -0.113. The third-order valence-electron chi connectivity index (χ3n) is 4.05. The maximum atomic E-state index is 12.6. The van der Waals surface area contributed by atoms with Crippen LogP contribution in [0, 0.1) is 5.92 Å². The summed E-state index contributed by atoms with van der Waals surface area (Å²) in [6, 6.07) is 7.78. The van der Waals surface area contributed by atoms with Gasteiger partial charge in [-0.1, -0.05) is 12.1 Å². The molecule has 2 rings (SSSR count). The highest BCUT2D eigenvalue weighted by atomic mass is 35.5. The Labute approximate surface area is 133 Å². The van der Waals surface area contributed by atoms with Crippen molar-refractivity contribution in [3.63, 3.8) is 0 Å². The topological polar surface area (TPSA) is 41.6 Å². The molecule has 4 nitrogen and oxygen atoms in total. The first-order valence-electron chi connectivity index (χ1n) is 7.23. The number of rotatable bonds is 5. The Hall–Kier alpha value is -1.26. The number of hydrogen-bond donors (Lipinski definition) is 1. The zero-order valence-electron chi connectivity index (χ0n) is 13.0. The molecule has 0 radical (unpaired) electrons. The molecule has 2 unspecified atom stereocenters. The van der Waals surface area contributed by atoms with E-state index in [9.17, 15) is 4.79 Å². The fourth-order valence-electron chi connectivity index (χ4n) is 2.82. The van der Waals surface area contributed by atoms with Crippen LogP contribution in [0.5, 0.6) is 5.75 Å². The van der Waals surface area contributed by atoms with Gasteiger partial charge in [0.15, 0.2) is 0 Å². The summed E-state index contributed by atoms with van der Waals surface area (Å²) in [7, 11) is 3.61. The first-order chi connectivity index (χ1) is 9.65. The molecule has 1 aliphatic heterocycles. The third-order valence-corrected chi connectivity index (χ3v) is 4.05. The van der Waals surface area contributed by atoms with Gasteiger partial charge in [-0.15, -0.1) is 12.4 Å². The van der Waals surface area contributed by atoms with Crippen molar-refractivity contribution in [1.29, 1.82) is 0 Å². The second-order valence-corrected chi connectivity index (χ2v) is 5.49. The van der Waals surface area contributed by atoms with Crippen LogP contribution < -0.4 is 10.1 Å². The number of nitrogens with one attached hydrogen (secondary N) is 1. The first-order valence-corrected chi connectivity index (χ1v) is 7.23. The van der Waals surface area contributed by atoms with Crippen LogP contribution in [-0.4, -0.2) is 44.6 Å². The smallest absolute Gasteiger partial charge is 0.229 e. The van der Waals surface area contributed by atoms with E-state index in [4.69, 9.17) is 4.74 Å². The molecule has 2 atom stereocenters. The Morgan fingerprint density at radius 3 is 2.95 bits per heavy atom. The Balaban J connectivity index is 0.00000220. The van der Waals surface area contributed by atoms with Gasteiger partial charge in [0.2, 0.25) is 5.91 Å². The van der Waals surface area contributed by atoms with Gasteiger partial charge in [-0.05, 0) is 50.6 Å². The molecule has 0 aliphatic carbocycles. The van der Waals surface area contributed by atoms with E-state index < -0.39 is 0 Å². The Morgan fingerprint density at radius 2 is 2.29 bits per heavy atom. The molecule has 1 aliphatic rings. The lowest BCUT2D eigenvalue weighted by atomic mass is 9.99. The van der Waals surface area contributed by atoms with Crippen LogP contribution in [0.15, 0.2) is 24.3 Å². The molecule has 1 heterocycles. The minimum Gasteiger partial charge on any atom is -0.497 e. The summed E-state index contributed by atoms with van der Waals surface area (Å²) in [4.78, 5) is 14.6. The molecule has 0 aromatic heterocycles. The number of nitrogens with zero attached hydrogens (tertiary/aromatic N) is 1. The summed E-state index contributed by atoms with van der Waals surface area (Å²) in [6.07, 6.45) is 1.09. The van der Waals surface area contributed by atoms with Crippen LogP contribution in [0.3, 0.4) is 0 Å². The summed E-state index contributed by atoms with van der Waals surface area (Å²) in [6.45, 7) is 4.70. The van der Waals surface area contributed by atoms with Crippen molar-refractivity contribution < 1.29 is 9.53 Å². The number of carbonyl (C=O) groups is 1. The van der Waals surface area contributed by atoms with E-state index in [1.54, 1.807) is 7.11 Å². The Kier molecular flexibility index (Phi) is 6.99. The van der Waals surface area contributed by atoms with E-state index in [0.29, 0.717) is 5.92 Å². The van der Waals surface area contributed by atoms with E-state index in [1.165, 1.54) is 0 Å². The Bertz CT molecular complexity index is 467. The van der Waals surface area contributed by atoms with Crippen molar-refractivity contribution in [1.82, 2.24) is 10.2 Å². The number of halogens is 1. The second-order valence-electron chi connectivity index (χ2n) is 5.49. The molecular formula is C16H25ClN2O2. The summed E-state index contributed by atoms with van der Waals surface area (Å²) < 4.78 is 5.23. The van der Waals surface area contributed by atoms with Gasteiger partial charge in [0.1, 0.15) is 5.75 Å². The lowest BCUT2D eigenvalue weighted by Crippen LogP contribution is -2.33. The Morgan fingerprint density at radius 1 is 1.52 bits per heavy atom. The van der Waals surface area contributed by atoms with Gasteiger partial charge in [0, 0.05) is 13.1 Å². The van der Waals surface area contributed by atoms with Gasteiger partial charge < -0.3 is 15.0 Å². The van der Waals surface area contributed by atoms with Gasteiger partial charge in [-0.2, -0.15) is 0 Å². The van der Waals surface area contributed by atoms with Crippen molar-refractivity contribution in [3.05, 3.63) is 29.8 Å². The first kappa shape index (κ1) is 17.8. The van der Waals surface area contributed by atoms with E-state index in [-0.39, 0.29) is 24.2 Å². The number of amides is 1. The number of carbonyl (C=O) groups excluding carboxylic acids is 1. The average molecular weight is 313 g/mol. The predicted octanol–water partition coefficient (Wildman–Crippen LogP) is 2.29. The van der Waals surface area contributed by atoms with Crippen LogP contribution in [0.4, 0.5) is 0 Å². The fourth-order valence-corrected chi connectivity index (χ4v) is 2.82. The molecular weight excluding hydrogens is 288 g/mol. The molecule has 1 fully saturated rings. The van der Waals surface area contributed by atoms with Crippen molar-refractivity contribution in [2.75, 3.05) is 33.8 Å². The van der Waals surface area contributed by atoms with Gasteiger partial charge >= 0.3 is 0 Å². The minimum absolute atomic E-state index is 0. The highest BCUT2D eigenvalue weighted by Crippen LogP contribution is 2.25. The summed E-state index contributed by atoms with van der Waals surface area (Å²) in [5.74, 6) is 1.49. The van der Waals surface area contributed by atoms with Gasteiger partial charge in [-0.3, -0.25) is 4.79 Å². The molecule has 1 saturated heterocycles. The van der Waals surface area contributed by atoms with Crippen molar-refractivity contribution in [3.8, 4) is 5.75 Å². The van der Waals surface area contributed by atoms with Crippen molar-refractivity contribution in [2.45, 2.75) is 19.3 Å². The molecule has 1 aromatic carbocycles. The zero-order valence-corrected chi connectivity index (χ0v) is 13.8. The van der Waals surface area contributed by atoms with Crippen LogP contribution in [0.2, 0.25) is 0 Å². The van der Waals surface area contributed by atoms with Crippen molar-refractivity contribution >= 4 is 18.3 Å². The number of likely N-dealkylation sites (tertiary alicyclic amines) is 1. The number of ether oxygens (including phenoxy) is 1. The largest absolute Gasteiger partial charge is 0.497 e. The number of benzene rings is 1. The molecule has 118 valence electrons. The maximum absolute atomic E-state index is 12.6. The van der Waals surface area contributed by atoms with Gasteiger partial charge in [0.05, 0.1) is 13.0 Å². The molecule has 1 aromatic rings. The SMILES string of the molecule is CNCC1CCN(C(=O)C(C)c2cccc(OC)c2)C1.Cl. The second kappa shape index (κ2) is 8.25. The monoisotopic (exact) mass is 312 g/mol. The van der Waals surface area contributed by atoms with E-state index in [0.717, 1.165) is 37.4 Å². The van der Waals surface area contributed by atoms with Gasteiger partial charge in [-0.25, -0.2) is 0 Å². The third kappa shape index (κ3) is 4.35. The van der Waals surface area contributed by atoms with E-state index >= 15 is 0 Å². The molecule has 21 heavy (non-hydrogen) atoms. The van der Waals surface area contributed by atoms with Crippen molar-refractivity contribution in [2.24, 2.45) is 5.92 Å². The summed E-state index contributed by atoms with van der Waals surface area (Å²) >= 11 is 0. The van der Waals surface area contributed by atoms with E-state index in [2.05, 4.69) is 5.32 Å². The highest BCUT2D eigenvalue weighted by molar-refractivity contribution is 5.85. The summed E-state index contributed by atoms with van der Waals surface area (Å²) in [5, 5.41) is 3.19. The van der Waals surface area contributed by atoms with Gasteiger partial charge in [0.25, 0.3) is 0 Å². The van der Waals surface area contributed by atoms with Crippen LogP contribution in [0.1, 0.15) is 24.8 Å². The quantitative estimate of drug-likeness (QED) is 0.907. The summed E-state index contributed by atoms with van der Waals surface area (Å²) in [5.41, 5.74) is 1.02. The molecule has 1 amide bonds. The molecule has 0 spiro atoms. The average Bonchev–Trinajstić information content (AvgIpc) is 2.95. The predicted molar refractivity (Wildman–Crippen MR) is 87.3 cm³/mol. The van der Waals surface area contributed by atoms with Crippen LogP contribution in [-0.2, 0) is 4.79 Å². The number of hydrogen-bond acceptors (Lipinski definition) is 3. The standard InChI is InChI=1S/C16H24N2O2.ClH/c1-12(14-5-4-6-15(9-14)20-3)16(19)18-8-7-13(11-18)10-17-2;/h4-6,9,12-13,17H,7-8,10-11H2,1-3H3;1H. The van der Waals surface area contributed by atoms with Crippen LogP contribution in [0.25, 0.3) is 0 Å². The molecule has 0 bridgehead atoms. The number of methoxy groups -OCH3 is 1. The maximum Gasteiger partial charge on any atom is 0.229 e. The molecule has 0 saturated carbocycles. The zero-order chi connectivity index (χ0) is 14.5. The molecule has 5 heteroatoms. The molecule has 1 N–H and O–H groups in total. The lowest BCUT2D eigenvalue weighted by Gasteiger charge is -2.21. The van der Waals surface area contributed by atoms with E-state index in [1.807, 2.05) is 43.1 Å².